The van der Waals surface area contributed by atoms with Crippen LogP contribution in [0.25, 0.3) is 0 Å². The first kappa shape index (κ1) is 21.2. The van der Waals surface area contributed by atoms with Crippen LogP contribution in [0, 0.1) is 5.92 Å². The number of nitrogens with one attached hydrogen (secondary N) is 2. The number of hydrogen-bond donors (Lipinski definition) is 2. The SMILES string of the molecule is CN(C)C(C(=O)NCCC1CCNC1)c1ccccc1.Cl.Cl. The second kappa shape index (κ2) is 10.8. The first-order valence-electron chi connectivity index (χ1n) is 7.38. The Morgan fingerprint density at radius 2 is 2.00 bits per heavy atom. The Balaban J connectivity index is 0.00000220. The van der Waals surface area contributed by atoms with Crippen LogP contribution in [0.3, 0.4) is 0 Å². The third-order valence-electron chi connectivity index (χ3n) is 3.89. The highest BCUT2D eigenvalue weighted by atomic mass is 35.5. The van der Waals surface area contributed by atoms with Crippen LogP contribution >= 0.6 is 24.8 Å². The van der Waals surface area contributed by atoms with Crippen molar-refractivity contribution in [3.05, 3.63) is 35.9 Å². The predicted octanol–water partition coefficient (Wildman–Crippen LogP) is 2.25. The molecule has 0 aromatic heterocycles. The molecule has 1 aromatic carbocycles. The molecule has 126 valence electrons. The van der Waals surface area contributed by atoms with Crippen molar-refractivity contribution in [2.24, 2.45) is 5.92 Å². The van der Waals surface area contributed by atoms with Gasteiger partial charge < -0.3 is 10.6 Å². The van der Waals surface area contributed by atoms with Crippen LogP contribution in [0.4, 0.5) is 0 Å². The minimum atomic E-state index is -0.210. The summed E-state index contributed by atoms with van der Waals surface area (Å²) in [6.07, 6.45) is 2.29. The smallest absolute Gasteiger partial charge is 0.241 e. The molecule has 4 nitrogen and oxygen atoms in total. The van der Waals surface area contributed by atoms with Gasteiger partial charge in [-0.05, 0) is 51.5 Å². The number of benzene rings is 1. The lowest BCUT2D eigenvalue weighted by molar-refractivity contribution is -0.125. The van der Waals surface area contributed by atoms with Crippen molar-refractivity contribution in [3.63, 3.8) is 0 Å². The average Bonchev–Trinajstić information content (AvgIpc) is 2.93. The second-order valence-corrected chi connectivity index (χ2v) is 5.72. The van der Waals surface area contributed by atoms with Crippen molar-refractivity contribution in [2.75, 3.05) is 33.7 Å². The predicted molar refractivity (Wildman–Crippen MR) is 96.0 cm³/mol. The summed E-state index contributed by atoms with van der Waals surface area (Å²) < 4.78 is 0. The summed E-state index contributed by atoms with van der Waals surface area (Å²) in [5, 5.41) is 6.44. The van der Waals surface area contributed by atoms with E-state index in [9.17, 15) is 4.79 Å². The molecule has 1 aliphatic rings. The number of nitrogens with zero attached hydrogens (tertiary/aromatic N) is 1. The zero-order valence-corrected chi connectivity index (χ0v) is 14.9. The first-order chi connectivity index (χ1) is 9.68. The van der Waals surface area contributed by atoms with Crippen LogP contribution in [-0.2, 0) is 4.79 Å². The van der Waals surface area contributed by atoms with Gasteiger partial charge >= 0.3 is 0 Å². The summed E-state index contributed by atoms with van der Waals surface area (Å²) >= 11 is 0. The van der Waals surface area contributed by atoms with E-state index < -0.39 is 0 Å². The normalized spacial score (nSPS) is 18.2. The molecule has 2 unspecified atom stereocenters. The number of carbonyl (C=O) groups is 1. The Morgan fingerprint density at radius 3 is 2.55 bits per heavy atom. The van der Waals surface area contributed by atoms with Crippen molar-refractivity contribution in [1.82, 2.24) is 15.5 Å². The van der Waals surface area contributed by atoms with E-state index in [-0.39, 0.29) is 36.8 Å². The molecule has 0 aliphatic carbocycles. The van der Waals surface area contributed by atoms with E-state index in [0.717, 1.165) is 31.6 Å². The van der Waals surface area contributed by atoms with Gasteiger partial charge in [-0.25, -0.2) is 0 Å². The largest absolute Gasteiger partial charge is 0.354 e. The monoisotopic (exact) mass is 347 g/mol. The lowest BCUT2D eigenvalue weighted by Crippen LogP contribution is -2.37. The van der Waals surface area contributed by atoms with E-state index in [4.69, 9.17) is 0 Å². The van der Waals surface area contributed by atoms with E-state index in [1.54, 1.807) is 0 Å². The molecule has 0 saturated carbocycles. The molecule has 1 saturated heterocycles. The zero-order valence-electron chi connectivity index (χ0n) is 13.2. The van der Waals surface area contributed by atoms with Gasteiger partial charge in [0, 0.05) is 6.54 Å². The fourth-order valence-corrected chi connectivity index (χ4v) is 2.78. The molecule has 0 radical (unpaired) electrons. The molecule has 0 bridgehead atoms. The molecule has 6 heteroatoms. The number of hydrogen-bond acceptors (Lipinski definition) is 3. The van der Waals surface area contributed by atoms with Crippen molar-refractivity contribution in [3.8, 4) is 0 Å². The Morgan fingerprint density at radius 1 is 1.32 bits per heavy atom. The second-order valence-electron chi connectivity index (χ2n) is 5.72. The van der Waals surface area contributed by atoms with Crippen LogP contribution in [0.15, 0.2) is 30.3 Å². The Bertz CT molecular complexity index is 423. The maximum Gasteiger partial charge on any atom is 0.241 e. The van der Waals surface area contributed by atoms with Gasteiger partial charge in [-0.3, -0.25) is 9.69 Å². The highest BCUT2D eigenvalue weighted by Crippen LogP contribution is 2.18. The standard InChI is InChI=1S/C16H25N3O.2ClH/c1-19(2)15(14-6-4-3-5-7-14)16(20)18-11-9-13-8-10-17-12-13;;/h3-7,13,15,17H,8-12H2,1-2H3,(H,18,20);2*1H. The van der Waals surface area contributed by atoms with Gasteiger partial charge in [0.25, 0.3) is 0 Å². The number of likely N-dealkylation sites (N-methyl/N-ethyl adjacent to an activating group) is 1. The minimum Gasteiger partial charge on any atom is -0.354 e. The van der Waals surface area contributed by atoms with Gasteiger partial charge in [-0.2, -0.15) is 0 Å². The molecule has 1 aliphatic heterocycles. The third-order valence-corrected chi connectivity index (χ3v) is 3.89. The van der Waals surface area contributed by atoms with Crippen LogP contribution in [0.5, 0.6) is 0 Å². The van der Waals surface area contributed by atoms with Crippen molar-refractivity contribution < 1.29 is 4.79 Å². The summed E-state index contributed by atoms with van der Waals surface area (Å²) in [5.41, 5.74) is 1.04. The van der Waals surface area contributed by atoms with Gasteiger partial charge in [0.05, 0.1) is 0 Å². The molecule has 2 rings (SSSR count). The topological polar surface area (TPSA) is 44.4 Å². The van der Waals surface area contributed by atoms with Crippen LogP contribution < -0.4 is 10.6 Å². The van der Waals surface area contributed by atoms with Crippen LogP contribution in [-0.4, -0.2) is 44.5 Å². The molecule has 1 amide bonds. The van der Waals surface area contributed by atoms with Gasteiger partial charge in [0.2, 0.25) is 5.91 Å². The van der Waals surface area contributed by atoms with E-state index in [2.05, 4.69) is 10.6 Å². The van der Waals surface area contributed by atoms with Gasteiger partial charge in [-0.15, -0.1) is 24.8 Å². The maximum atomic E-state index is 12.4. The molecular formula is C16H27Cl2N3O. The Kier molecular flexibility index (Phi) is 10.4. The summed E-state index contributed by atoms with van der Waals surface area (Å²) in [4.78, 5) is 14.4. The number of amides is 1. The van der Waals surface area contributed by atoms with E-state index >= 15 is 0 Å². The summed E-state index contributed by atoms with van der Waals surface area (Å²) in [7, 11) is 3.89. The molecule has 1 fully saturated rings. The fraction of sp³-hybridized carbons (Fsp3) is 0.562. The lowest BCUT2D eigenvalue weighted by Gasteiger charge is -2.24. The number of carbonyl (C=O) groups excluding carboxylic acids is 1. The summed E-state index contributed by atoms with van der Waals surface area (Å²) in [5.74, 6) is 0.803. The van der Waals surface area contributed by atoms with Gasteiger partial charge in [-0.1, -0.05) is 30.3 Å². The van der Waals surface area contributed by atoms with Gasteiger partial charge in [0.1, 0.15) is 6.04 Å². The first-order valence-corrected chi connectivity index (χ1v) is 7.38. The number of halogens is 2. The van der Waals surface area contributed by atoms with Crippen molar-refractivity contribution in [1.29, 1.82) is 0 Å². The zero-order chi connectivity index (χ0) is 14.4. The Hall–Kier alpha value is -0.810. The van der Waals surface area contributed by atoms with Gasteiger partial charge in [0.15, 0.2) is 0 Å². The van der Waals surface area contributed by atoms with Crippen LogP contribution in [0.2, 0.25) is 0 Å². The highest BCUT2D eigenvalue weighted by Gasteiger charge is 2.22. The van der Waals surface area contributed by atoms with Crippen molar-refractivity contribution >= 4 is 30.7 Å². The Labute approximate surface area is 145 Å². The van der Waals surface area contributed by atoms with E-state index in [0.29, 0.717) is 5.92 Å². The number of rotatable bonds is 6. The molecule has 0 spiro atoms. The quantitative estimate of drug-likeness (QED) is 0.829. The third kappa shape index (κ3) is 6.13. The molecule has 1 aromatic rings. The van der Waals surface area contributed by atoms with E-state index in [1.807, 2.05) is 49.3 Å². The lowest BCUT2D eigenvalue weighted by atomic mass is 10.0. The fourth-order valence-electron chi connectivity index (χ4n) is 2.78. The average molecular weight is 348 g/mol. The van der Waals surface area contributed by atoms with Crippen molar-refractivity contribution in [2.45, 2.75) is 18.9 Å². The van der Waals surface area contributed by atoms with Crippen LogP contribution in [0.1, 0.15) is 24.4 Å². The molecule has 1 heterocycles. The molecule has 2 atom stereocenters. The molecular weight excluding hydrogens is 321 g/mol. The van der Waals surface area contributed by atoms with E-state index in [1.165, 1.54) is 6.42 Å². The molecule has 2 N–H and O–H groups in total. The minimum absolute atomic E-state index is 0. The summed E-state index contributed by atoms with van der Waals surface area (Å²) in [6.45, 7) is 2.97. The highest BCUT2D eigenvalue weighted by molar-refractivity contribution is 5.85. The summed E-state index contributed by atoms with van der Waals surface area (Å²) in [6, 6.07) is 9.72. The maximum absolute atomic E-state index is 12.4. The molecule has 22 heavy (non-hydrogen) atoms.